The lowest BCUT2D eigenvalue weighted by Crippen LogP contribution is -2.40. The maximum atomic E-state index is 14.3. The van der Waals surface area contributed by atoms with Crippen molar-refractivity contribution < 1.29 is 28.5 Å². The normalized spacial score (nSPS) is 15.2. The number of hydrogen-bond donors (Lipinski definition) is 0. The van der Waals surface area contributed by atoms with E-state index >= 15 is 0 Å². The highest BCUT2D eigenvalue weighted by Crippen LogP contribution is 2.40. The Balaban J connectivity index is 1.36. The molecule has 1 aromatic heterocycles. The Kier molecular flexibility index (Phi) is 8.33. The Hall–Kier alpha value is -5.61. The van der Waals surface area contributed by atoms with E-state index < -0.39 is 12.0 Å². The van der Waals surface area contributed by atoms with Gasteiger partial charge in [0, 0.05) is 5.56 Å². The number of fused-ring (bicyclic) bond motifs is 2. The minimum Gasteiger partial charge on any atom is -0.493 e. The molecule has 0 bridgehead atoms. The molecule has 9 nitrogen and oxygen atoms in total. The summed E-state index contributed by atoms with van der Waals surface area (Å²) in [7, 11) is 1.58. The summed E-state index contributed by atoms with van der Waals surface area (Å²) in [4.78, 5) is 33.4. The van der Waals surface area contributed by atoms with Gasteiger partial charge in [-0.2, -0.15) is 0 Å². The van der Waals surface area contributed by atoms with Crippen LogP contribution in [0.1, 0.15) is 35.2 Å². The van der Waals surface area contributed by atoms with Crippen molar-refractivity contribution in [3.05, 3.63) is 145 Å². The van der Waals surface area contributed by atoms with E-state index in [9.17, 15) is 9.59 Å². The van der Waals surface area contributed by atoms with Crippen molar-refractivity contribution in [2.24, 2.45) is 4.99 Å². The van der Waals surface area contributed by atoms with Crippen molar-refractivity contribution in [2.45, 2.75) is 19.6 Å². The number of thiazole rings is 1. The number of rotatable bonds is 9. The van der Waals surface area contributed by atoms with Crippen LogP contribution < -0.4 is 33.8 Å². The van der Waals surface area contributed by atoms with Gasteiger partial charge in [-0.1, -0.05) is 84.1 Å². The van der Waals surface area contributed by atoms with E-state index in [1.807, 2.05) is 84.9 Å². The summed E-state index contributed by atoms with van der Waals surface area (Å²) in [5, 5.41) is 0. The number of methoxy groups -OCH3 is 1. The lowest BCUT2D eigenvalue weighted by molar-refractivity contribution is -0.138. The lowest BCUT2D eigenvalue weighted by Gasteiger charge is -2.26. The average Bonchev–Trinajstić information content (AvgIpc) is 3.71. The van der Waals surface area contributed by atoms with Crippen LogP contribution in [0.5, 0.6) is 23.0 Å². The van der Waals surface area contributed by atoms with Gasteiger partial charge in [0.15, 0.2) is 27.8 Å². The number of hydrogen-bond acceptors (Lipinski definition) is 9. The van der Waals surface area contributed by atoms with Crippen LogP contribution >= 0.6 is 11.3 Å². The molecule has 0 N–H and O–H groups in total. The minimum absolute atomic E-state index is 0.0942. The van der Waals surface area contributed by atoms with E-state index in [1.165, 1.54) is 11.3 Å². The number of ether oxygens (including phenoxy) is 5. The standard InChI is InChI=1S/C37H30N2O7S/c1-3-43-36(41)32-33(25-12-8-5-9-13-25)38-37-39(34(32)26-15-17-28-30(20-26)46-22-45-28)35(40)31(47-37)19-24-14-16-27(29(18-24)42-2)44-21-23-10-6-4-7-11-23/h4-20,34H,3,21-22H2,1-2H3/b31-19-. The third-order valence-corrected chi connectivity index (χ3v) is 8.79. The van der Waals surface area contributed by atoms with Gasteiger partial charge in [-0.3, -0.25) is 9.36 Å². The Labute approximate surface area is 274 Å². The lowest BCUT2D eigenvalue weighted by atomic mass is 9.93. The first kappa shape index (κ1) is 30.1. The van der Waals surface area contributed by atoms with Crippen LogP contribution in [0, 0.1) is 0 Å². The summed E-state index contributed by atoms with van der Waals surface area (Å²) in [6.07, 6.45) is 1.79. The molecule has 0 aliphatic carbocycles. The molecule has 0 radical (unpaired) electrons. The quantitative estimate of drug-likeness (QED) is 0.202. The number of aromatic nitrogens is 1. The summed E-state index contributed by atoms with van der Waals surface area (Å²) in [6, 6.07) is 29.4. The van der Waals surface area contributed by atoms with Crippen LogP contribution in [0.2, 0.25) is 0 Å². The second kappa shape index (κ2) is 13.0. The third kappa shape index (κ3) is 5.91. The fraction of sp³-hybridized carbons (Fsp3) is 0.162. The van der Waals surface area contributed by atoms with Gasteiger partial charge in [0.05, 0.1) is 35.6 Å². The van der Waals surface area contributed by atoms with E-state index in [4.69, 9.17) is 28.7 Å². The van der Waals surface area contributed by atoms with Gasteiger partial charge in [-0.05, 0) is 54.0 Å². The van der Waals surface area contributed by atoms with Gasteiger partial charge in [-0.25, -0.2) is 9.79 Å². The minimum atomic E-state index is -0.833. The molecule has 5 aromatic rings. The highest BCUT2D eigenvalue weighted by Gasteiger charge is 2.36. The van der Waals surface area contributed by atoms with Gasteiger partial charge in [0.25, 0.3) is 5.56 Å². The Morgan fingerprint density at radius 2 is 1.72 bits per heavy atom. The van der Waals surface area contributed by atoms with Crippen LogP contribution in [-0.2, 0) is 16.1 Å². The van der Waals surface area contributed by atoms with Gasteiger partial charge < -0.3 is 23.7 Å². The Morgan fingerprint density at radius 3 is 2.49 bits per heavy atom. The van der Waals surface area contributed by atoms with Gasteiger partial charge in [0.2, 0.25) is 6.79 Å². The van der Waals surface area contributed by atoms with E-state index in [1.54, 1.807) is 36.8 Å². The van der Waals surface area contributed by atoms with Crippen molar-refractivity contribution in [1.82, 2.24) is 4.57 Å². The maximum Gasteiger partial charge on any atom is 0.338 e. The van der Waals surface area contributed by atoms with Crippen molar-refractivity contribution in [1.29, 1.82) is 0 Å². The molecular weight excluding hydrogens is 616 g/mol. The van der Waals surface area contributed by atoms with Crippen molar-refractivity contribution in [3.8, 4) is 23.0 Å². The van der Waals surface area contributed by atoms with Crippen LogP contribution in [0.25, 0.3) is 11.8 Å². The van der Waals surface area contributed by atoms with Crippen LogP contribution in [0.4, 0.5) is 0 Å². The summed E-state index contributed by atoms with van der Waals surface area (Å²) in [6.45, 7) is 2.39. The molecule has 4 aromatic carbocycles. The first-order chi connectivity index (χ1) is 23.0. The van der Waals surface area contributed by atoms with Gasteiger partial charge in [0.1, 0.15) is 6.61 Å². The largest absolute Gasteiger partial charge is 0.493 e. The highest BCUT2D eigenvalue weighted by atomic mass is 32.1. The number of carbonyl (C=O) groups is 1. The highest BCUT2D eigenvalue weighted by molar-refractivity contribution is 7.07. The molecule has 0 saturated heterocycles. The molecular formula is C37H30N2O7S. The summed E-state index contributed by atoms with van der Waals surface area (Å²) in [5.74, 6) is 1.70. The summed E-state index contributed by atoms with van der Waals surface area (Å²) >= 11 is 1.25. The molecule has 3 heterocycles. The van der Waals surface area contributed by atoms with Gasteiger partial charge in [-0.15, -0.1) is 0 Å². The van der Waals surface area contributed by atoms with Crippen molar-refractivity contribution in [3.63, 3.8) is 0 Å². The predicted molar refractivity (Wildman–Crippen MR) is 177 cm³/mol. The zero-order valence-corrected chi connectivity index (χ0v) is 26.5. The number of esters is 1. The molecule has 7 rings (SSSR count). The maximum absolute atomic E-state index is 14.3. The average molecular weight is 647 g/mol. The topological polar surface area (TPSA) is 97.6 Å². The second-order valence-corrected chi connectivity index (χ2v) is 11.7. The zero-order chi connectivity index (χ0) is 32.3. The molecule has 0 saturated carbocycles. The number of benzene rings is 4. The van der Waals surface area contributed by atoms with E-state index in [0.717, 1.165) is 16.7 Å². The molecule has 2 aliphatic rings. The van der Waals surface area contributed by atoms with Crippen molar-refractivity contribution in [2.75, 3.05) is 20.5 Å². The Bertz CT molecular complexity index is 2170. The number of carbonyl (C=O) groups excluding carboxylic acids is 1. The van der Waals surface area contributed by atoms with E-state index in [2.05, 4.69) is 0 Å². The summed E-state index contributed by atoms with van der Waals surface area (Å²) < 4.78 is 30.4. The first-order valence-corrected chi connectivity index (χ1v) is 15.9. The van der Waals surface area contributed by atoms with Crippen LogP contribution in [-0.4, -0.2) is 31.0 Å². The number of nitrogens with zero attached hydrogens (tertiary/aromatic N) is 2. The molecule has 1 atom stereocenters. The molecule has 0 spiro atoms. The molecule has 10 heteroatoms. The Morgan fingerprint density at radius 1 is 0.957 bits per heavy atom. The third-order valence-electron chi connectivity index (χ3n) is 7.81. The molecule has 236 valence electrons. The summed E-state index contributed by atoms with van der Waals surface area (Å²) in [5.41, 5.74) is 3.58. The second-order valence-electron chi connectivity index (χ2n) is 10.7. The molecule has 2 aliphatic heterocycles. The SMILES string of the molecule is CCOC(=O)C1=C(c2ccccc2)N=c2s/c(=C\c3ccc(OCc4ccccc4)c(OC)c3)c(=O)n2C1c1ccc2c(c1)OCO2. The first-order valence-electron chi connectivity index (χ1n) is 15.1. The molecule has 0 amide bonds. The van der Waals surface area contributed by atoms with Gasteiger partial charge >= 0.3 is 5.97 Å². The van der Waals surface area contributed by atoms with Crippen LogP contribution in [0.3, 0.4) is 0 Å². The zero-order valence-electron chi connectivity index (χ0n) is 25.7. The molecule has 0 fully saturated rings. The van der Waals surface area contributed by atoms with E-state index in [0.29, 0.717) is 50.2 Å². The predicted octanol–water partition coefficient (Wildman–Crippen LogP) is 5.25. The van der Waals surface area contributed by atoms with Crippen LogP contribution in [0.15, 0.2) is 112 Å². The fourth-order valence-electron chi connectivity index (χ4n) is 5.62. The fourth-order valence-corrected chi connectivity index (χ4v) is 6.62. The smallest absolute Gasteiger partial charge is 0.338 e. The van der Waals surface area contributed by atoms with Crippen molar-refractivity contribution >= 4 is 29.1 Å². The molecule has 47 heavy (non-hydrogen) atoms. The van der Waals surface area contributed by atoms with E-state index in [-0.39, 0.29) is 24.5 Å². The monoisotopic (exact) mass is 646 g/mol. The molecule has 1 unspecified atom stereocenters.